The average molecular weight is 457 g/mol. The average Bonchev–Trinajstić information content (AvgIpc) is 2.93. The summed E-state index contributed by atoms with van der Waals surface area (Å²) in [6.07, 6.45) is 17.0. The maximum Gasteiger partial charge on any atom is 0.184 e. The highest BCUT2D eigenvalue weighted by Crippen LogP contribution is 2.35. The maximum atomic E-state index is 5.59. The van der Waals surface area contributed by atoms with Gasteiger partial charge in [0.2, 0.25) is 0 Å². The van der Waals surface area contributed by atoms with Gasteiger partial charge in [0.15, 0.2) is 11.5 Å². The fourth-order valence-corrected chi connectivity index (χ4v) is 3.39. The minimum absolute atomic E-state index is 0.357. The minimum atomic E-state index is 0.357. The molecule has 0 radical (unpaired) electrons. The van der Waals surface area contributed by atoms with Gasteiger partial charge in [-0.25, -0.2) is 0 Å². The first kappa shape index (κ1) is 23.2. The molecule has 0 aliphatic rings. The van der Waals surface area contributed by atoms with Crippen molar-refractivity contribution in [2.75, 3.05) is 0 Å². The standard InChI is InChI=1S/C33H15NO2/c1-3-5-7-11-22-35-31-19-18-28(25-32(31)36-23-12-8-6-4-2)27-15-13-16-29(24-27)33-30-17-10-9-14-26(30)20-21-34-33/h1-2,9-10,13-21,24-25H. The highest BCUT2D eigenvalue weighted by atomic mass is 16.5. The fourth-order valence-electron chi connectivity index (χ4n) is 3.39. The molecule has 0 aliphatic heterocycles. The van der Waals surface area contributed by atoms with Gasteiger partial charge in [-0.05, 0) is 64.5 Å². The lowest BCUT2D eigenvalue weighted by atomic mass is 9.99. The number of fused-ring (bicyclic) bond motifs is 1. The molecule has 164 valence electrons. The van der Waals surface area contributed by atoms with Crippen LogP contribution < -0.4 is 9.47 Å². The zero-order chi connectivity index (χ0) is 25.0. The Hall–Kier alpha value is -5.97. The molecule has 0 saturated carbocycles. The summed E-state index contributed by atoms with van der Waals surface area (Å²) in [4.78, 5) is 4.64. The van der Waals surface area contributed by atoms with Crippen molar-refractivity contribution >= 4 is 10.8 Å². The topological polar surface area (TPSA) is 31.4 Å². The number of aromatic nitrogens is 1. The first-order chi connectivity index (χ1) is 17.8. The smallest absolute Gasteiger partial charge is 0.184 e. The quantitative estimate of drug-likeness (QED) is 0.378. The van der Waals surface area contributed by atoms with Gasteiger partial charge >= 0.3 is 0 Å². The van der Waals surface area contributed by atoms with Crippen LogP contribution in [-0.2, 0) is 0 Å². The van der Waals surface area contributed by atoms with E-state index in [1.165, 1.54) is 0 Å². The van der Waals surface area contributed by atoms with E-state index in [0.29, 0.717) is 11.5 Å². The van der Waals surface area contributed by atoms with Crippen molar-refractivity contribution in [3.63, 3.8) is 0 Å². The normalized spacial score (nSPS) is 8.72. The van der Waals surface area contributed by atoms with Crippen molar-refractivity contribution in [1.82, 2.24) is 4.98 Å². The number of terminal acetylenes is 2. The molecule has 0 bridgehead atoms. The molecule has 0 fully saturated rings. The van der Waals surface area contributed by atoms with E-state index in [4.69, 9.17) is 22.3 Å². The zero-order valence-corrected chi connectivity index (χ0v) is 18.9. The van der Waals surface area contributed by atoms with Crippen molar-refractivity contribution in [1.29, 1.82) is 0 Å². The molecule has 0 aliphatic carbocycles. The number of nitrogens with zero attached hydrogens (tertiary/aromatic N) is 1. The van der Waals surface area contributed by atoms with Gasteiger partial charge in [0.05, 0.1) is 5.69 Å². The Kier molecular flexibility index (Phi) is 7.58. The molecule has 4 rings (SSSR count). The number of benzene rings is 3. The van der Waals surface area contributed by atoms with Crippen LogP contribution in [-0.4, -0.2) is 4.98 Å². The van der Waals surface area contributed by atoms with Gasteiger partial charge in [-0.3, -0.25) is 4.98 Å². The van der Waals surface area contributed by atoms with E-state index in [2.05, 4.69) is 82.8 Å². The van der Waals surface area contributed by atoms with E-state index in [-0.39, 0.29) is 0 Å². The third kappa shape index (κ3) is 5.68. The van der Waals surface area contributed by atoms with Crippen LogP contribution in [0.4, 0.5) is 0 Å². The lowest BCUT2D eigenvalue weighted by Gasteiger charge is -2.10. The molecular weight excluding hydrogens is 442 g/mol. The summed E-state index contributed by atoms with van der Waals surface area (Å²) in [5.41, 5.74) is 3.75. The lowest BCUT2D eigenvalue weighted by Crippen LogP contribution is -1.91. The Balaban J connectivity index is 1.72. The number of hydrogen-bond donors (Lipinski definition) is 0. The van der Waals surface area contributed by atoms with Gasteiger partial charge in [0.1, 0.15) is 12.2 Å². The number of hydrogen-bond acceptors (Lipinski definition) is 3. The molecule has 36 heavy (non-hydrogen) atoms. The van der Waals surface area contributed by atoms with E-state index in [0.717, 1.165) is 33.2 Å². The van der Waals surface area contributed by atoms with Crippen molar-refractivity contribution in [3.05, 3.63) is 79.0 Å². The fraction of sp³-hybridized carbons (Fsp3) is 0. The Morgan fingerprint density at radius 3 is 2.06 bits per heavy atom. The van der Waals surface area contributed by atoms with Gasteiger partial charge in [-0.1, -0.05) is 48.5 Å². The Morgan fingerprint density at radius 1 is 0.583 bits per heavy atom. The molecule has 0 spiro atoms. The van der Waals surface area contributed by atoms with Crippen LogP contribution in [0, 0.1) is 72.4 Å². The molecule has 3 nitrogen and oxygen atoms in total. The van der Waals surface area contributed by atoms with Crippen LogP contribution in [0.15, 0.2) is 79.0 Å². The van der Waals surface area contributed by atoms with Gasteiger partial charge in [-0.15, -0.1) is 12.8 Å². The molecule has 4 aromatic rings. The highest BCUT2D eigenvalue weighted by molar-refractivity contribution is 5.95. The molecule has 1 heterocycles. The largest absolute Gasteiger partial charge is 0.403 e. The predicted molar refractivity (Wildman–Crippen MR) is 143 cm³/mol. The predicted octanol–water partition coefficient (Wildman–Crippen LogP) is 5.52. The van der Waals surface area contributed by atoms with Crippen LogP contribution in [0.1, 0.15) is 0 Å². The molecule has 0 N–H and O–H groups in total. The zero-order valence-electron chi connectivity index (χ0n) is 18.9. The summed E-state index contributed by atoms with van der Waals surface area (Å²) >= 11 is 0. The summed E-state index contributed by atoms with van der Waals surface area (Å²) in [5, 5.41) is 2.21. The summed E-state index contributed by atoms with van der Waals surface area (Å²) in [6.45, 7) is 0. The SMILES string of the molecule is C#CC#CC#COc1ccc(-c2cccc(-c3nccc4ccccc34)c2)cc1OC#CC#CC#C. The van der Waals surface area contributed by atoms with E-state index in [1.54, 1.807) is 6.07 Å². The molecular formula is C33H15NO2. The van der Waals surface area contributed by atoms with Gasteiger partial charge in [-0.2, -0.15) is 0 Å². The number of pyridine rings is 1. The van der Waals surface area contributed by atoms with Crippen LogP contribution in [0.5, 0.6) is 11.5 Å². The van der Waals surface area contributed by atoms with Crippen molar-refractivity contribution in [2.45, 2.75) is 0 Å². The summed E-state index contributed by atoms with van der Waals surface area (Å²) in [6, 6.07) is 23.7. The Bertz CT molecular complexity index is 1780. The molecule has 1 aromatic heterocycles. The van der Waals surface area contributed by atoms with E-state index in [9.17, 15) is 0 Å². The van der Waals surface area contributed by atoms with E-state index in [1.807, 2.05) is 54.7 Å². The molecule has 3 aromatic carbocycles. The van der Waals surface area contributed by atoms with E-state index < -0.39 is 0 Å². The summed E-state index contributed by atoms with van der Waals surface area (Å²) in [7, 11) is 0. The first-order valence-corrected chi connectivity index (χ1v) is 10.6. The van der Waals surface area contributed by atoms with Gasteiger partial charge in [0, 0.05) is 40.8 Å². The number of rotatable bonds is 4. The maximum absolute atomic E-state index is 5.59. The van der Waals surface area contributed by atoms with Crippen molar-refractivity contribution in [2.24, 2.45) is 0 Å². The van der Waals surface area contributed by atoms with Gasteiger partial charge in [0.25, 0.3) is 0 Å². The Labute approximate surface area is 210 Å². The monoisotopic (exact) mass is 457 g/mol. The lowest BCUT2D eigenvalue weighted by molar-refractivity contribution is 0.452. The van der Waals surface area contributed by atoms with Crippen LogP contribution in [0.2, 0.25) is 0 Å². The van der Waals surface area contributed by atoms with Gasteiger partial charge < -0.3 is 9.47 Å². The minimum Gasteiger partial charge on any atom is -0.403 e. The van der Waals surface area contributed by atoms with E-state index >= 15 is 0 Å². The molecule has 0 atom stereocenters. The highest BCUT2D eigenvalue weighted by Gasteiger charge is 2.10. The molecule has 0 unspecified atom stereocenters. The van der Waals surface area contributed by atoms with Crippen LogP contribution in [0.25, 0.3) is 33.2 Å². The molecule has 0 amide bonds. The van der Waals surface area contributed by atoms with Crippen molar-refractivity contribution in [3.8, 4) is 106 Å². The second-order valence-electron chi connectivity index (χ2n) is 7.07. The van der Waals surface area contributed by atoms with Crippen LogP contribution >= 0.6 is 0 Å². The van der Waals surface area contributed by atoms with Crippen molar-refractivity contribution < 1.29 is 9.47 Å². The van der Waals surface area contributed by atoms with Crippen LogP contribution in [0.3, 0.4) is 0 Å². The summed E-state index contributed by atoms with van der Waals surface area (Å²) in [5.74, 6) is 19.9. The second-order valence-corrected chi connectivity index (χ2v) is 7.07. The molecule has 0 saturated heterocycles. The first-order valence-electron chi connectivity index (χ1n) is 10.6. The number of ether oxygens (including phenoxy) is 2. The summed E-state index contributed by atoms with van der Waals surface area (Å²) < 4.78 is 11.1. The third-order valence-corrected chi connectivity index (χ3v) is 4.91. The second kappa shape index (κ2) is 11.8. The Morgan fingerprint density at radius 2 is 1.28 bits per heavy atom. The molecule has 3 heteroatoms. The third-order valence-electron chi connectivity index (χ3n) is 4.91.